The van der Waals surface area contributed by atoms with Crippen molar-refractivity contribution in [1.29, 1.82) is 5.26 Å². The molecule has 0 saturated heterocycles. The molecule has 6 nitrogen and oxygen atoms in total. The van der Waals surface area contributed by atoms with Crippen LogP contribution >= 0.6 is 0 Å². The molecule has 0 aliphatic rings. The van der Waals surface area contributed by atoms with Crippen LogP contribution in [0.2, 0.25) is 0 Å². The van der Waals surface area contributed by atoms with E-state index in [0.29, 0.717) is 11.3 Å². The molecular weight excluding hydrogens is 340 g/mol. The number of pyridine rings is 2. The Morgan fingerprint density at radius 2 is 1.74 bits per heavy atom. The Kier molecular flexibility index (Phi) is 3.67. The van der Waals surface area contributed by atoms with Crippen LogP contribution in [0.1, 0.15) is 22.3 Å². The van der Waals surface area contributed by atoms with E-state index in [1.807, 2.05) is 51.1 Å². The summed E-state index contributed by atoms with van der Waals surface area (Å²) in [5.41, 5.74) is 3.11. The van der Waals surface area contributed by atoms with Crippen LogP contribution in [0.25, 0.3) is 22.4 Å². The van der Waals surface area contributed by atoms with Crippen LogP contribution in [-0.2, 0) is 0 Å². The van der Waals surface area contributed by atoms with Gasteiger partial charge in [0.25, 0.3) is 11.1 Å². The fourth-order valence-corrected chi connectivity index (χ4v) is 3.28. The third kappa shape index (κ3) is 2.44. The van der Waals surface area contributed by atoms with E-state index in [-0.39, 0.29) is 22.2 Å². The lowest BCUT2D eigenvalue weighted by atomic mass is 10.1. The van der Waals surface area contributed by atoms with Gasteiger partial charge in [0.05, 0.1) is 11.1 Å². The molecule has 27 heavy (non-hydrogen) atoms. The molecule has 3 heterocycles. The lowest BCUT2D eigenvalue weighted by Gasteiger charge is -2.14. The van der Waals surface area contributed by atoms with Crippen molar-refractivity contribution in [2.75, 3.05) is 0 Å². The van der Waals surface area contributed by atoms with E-state index in [9.17, 15) is 14.9 Å². The van der Waals surface area contributed by atoms with Gasteiger partial charge in [-0.05, 0) is 55.7 Å². The molecule has 3 aromatic heterocycles. The van der Waals surface area contributed by atoms with Gasteiger partial charge in [-0.1, -0.05) is 18.2 Å². The third-order valence-corrected chi connectivity index (χ3v) is 4.72. The van der Waals surface area contributed by atoms with Crippen LogP contribution in [0.5, 0.6) is 0 Å². The van der Waals surface area contributed by atoms with Gasteiger partial charge in [0.1, 0.15) is 17.3 Å². The third-order valence-electron chi connectivity index (χ3n) is 4.72. The molecule has 0 unspecified atom stereocenters. The average Bonchev–Trinajstić information content (AvgIpc) is 2.65. The van der Waals surface area contributed by atoms with Gasteiger partial charge in [-0.25, -0.2) is 4.98 Å². The molecule has 132 valence electrons. The maximum absolute atomic E-state index is 13.1. The zero-order valence-electron chi connectivity index (χ0n) is 15.1. The highest BCUT2D eigenvalue weighted by atomic mass is 16.1. The Balaban J connectivity index is 2.32. The Hall–Kier alpha value is -3.72. The molecule has 0 amide bonds. The summed E-state index contributed by atoms with van der Waals surface area (Å²) in [5, 5.41) is 9.66. The quantitative estimate of drug-likeness (QED) is 0.491. The predicted molar refractivity (Wildman–Crippen MR) is 103 cm³/mol. The van der Waals surface area contributed by atoms with E-state index in [0.717, 1.165) is 16.7 Å². The first-order chi connectivity index (χ1) is 12.9. The molecule has 4 rings (SSSR count). The van der Waals surface area contributed by atoms with Crippen molar-refractivity contribution in [1.82, 2.24) is 14.0 Å². The zero-order valence-corrected chi connectivity index (χ0v) is 15.1. The van der Waals surface area contributed by atoms with Crippen LogP contribution in [0.3, 0.4) is 0 Å². The van der Waals surface area contributed by atoms with Crippen molar-refractivity contribution in [2.24, 2.45) is 0 Å². The summed E-state index contributed by atoms with van der Waals surface area (Å²) in [6.45, 7) is 5.66. The van der Waals surface area contributed by atoms with Crippen molar-refractivity contribution in [3.05, 3.63) is 85.6 Å². The molecule has 0 saturated carbocycles. The number of aromatic nitrogens is 3. The van der Waals surface area contributed by atoms with Gasteiger partial charge in [-0.15, -0.1) is 0 Å². The van der Waals surface area contributed by atoms with E-state index >= 15 is 0 Å². The molecular formula is C21H16N4O2. The van der Waals surface area contributed by atoms with Crippen molar-refractivity contribution in [2.45, 2.75) is 20.8 Å². The Morgan fingerprint density at radius 3 is 2.48 bits per heavy atom. The number of benzene rings is 1. The molecule has 0 aliphatic carbocycles. The summed E-state index contributed by atoms with van der Waals surface area (Å²) in [5.74, 6) is 0. The van der Waals surface area contributed by atoms with Crippen molar-refractivity contribution in [3.63, 3.8) is 0 Å². The van der Waals surface area contributed by atoms with E-state index in [2.05, 4.69) is 4.98 Å². The van der Waals surface area contributed by atoms with Crippen molar-refractivity contribution in [3.8, 4) is 11.8 Å². The number of nitrogens with zero attached hydrogens (tertiary/aromatic N) is 4. The summed E-state index contributed by atoms with van der Waals surface area (Å²) in [7, 11) is 0. The van der Waals surface area contributed by atoms with Gasteiger partial charge < -0.3 is 0 Å². The molecule has 0 fully saturated rings. The van der Waals surface area contributed by atoms with Crippen LogP contribution in [-0.4, -0.2) is 14.0 Å². The minimum absolute atomic E-state index is 0.0880. The summed E-state index contributed by atoms with van der Waals surface area (Å²) >= 11 is 0. The van der Waals surface area contributed by atoms with E-state index in [4.69, 9.17) is 0 Å². The fraction of sp³-hybridized carbons (Fsp3) is 0.143. The molecule has 0 aliphatic heterocycles. The number of fused-ring (bicyclic) bond motifs is 2. The number of nitriles is 1. The molecule has 0 spiro atoms. The fourth-order valence-electron chi connectivity index (χ4n) is 3.28. The SMILES string of the molecule is Cc1ccc(C)c(-n2c(=O)c(C#N)cc3c(=O)n4cccc(C)c4nc32)c1. The molecule has 0 bridgehead atoms. The molecule has 0 atom stereocenters. The highest BCUT2D eigenvalue weighted by Crippen LogP contribution is 2.20. The Labute approximate surface area is 154 Å². The molecule has 0 N–H and O–H groups in total. The number of hydrogen-bond donors (Lipinski definition) is 0. The predicted octanol–water partition coefficient (Wildman–Crippen LogP) is 2.80. The second-order valence-electron chi connectivity index (χ2n) is 6.64. The van der Waals surface area contributed by atoms with Gasteiger partial charge in [-0.3, -0.25) is 18.6 Å². The summed E-state index contributed by atoms with van der Waals surface area (Å²) in [6, 6.07) is 12.6. The Morgan fingerprint density at radius 1 is 0.963 bits per heavy atom. The standard InChI is InChI=1S/C21H16N4O2/c1-12-6-7-13(2)17(9-12)25-19-16(10-15(11-22)20(25)26)21(27)24-8-4-5-14(3)18(24)23-19/h4-10H,1-3H3. The van der Waals surface area contributed by atoms with Gasteiger partial charge in [0, 0.05) is 6.20 Å². The summed E-state index contributed by atoms with van der Waals surface area (Å²) < 4.78 is 2.82. The van der Waals surface area contributed by atoms with Crippen molar-refractivity contribution < 1.29 is 0 Å². The molecule has 0 radical (unpaired) electrons. The second kappa shape index (κ2) is 5.92. The first-order valence-electron chi connectivity index (χ1n) is 8.48. The topological polar surface area (TPSA) is 80.2 Å². The second-order valence-corrected chi connectivity index (χ2v) is 6.64. The van der Waals surface area contributed by atoms with Crippen LogP contribution in [0.15, 0.2) is 52.2 Å². The maximum atomic E-state index is 13.1. The van der Waals surface area contributed by atoms with E-state index < -0.39 is 5.56 Å². The van der Waals surface area contributed by atoms with Crippen LogP contribution in [0.4, 0.5) is 0 Å². The van der Waals surface area contributed by atoms with Gasteiger partial charge in [0.2, 0.25) is 0 Å². The Bertz CT molecular complexity index is 1400. The summed E-state index contributed by atoms with van der Waals surface area (Å²) in [6.07, 6.45) is 1.64. The van der Waals surface area contributed by atoms with Crippen LogP contribution < -0.4 is 11.1 Å². The first kappa shape index (κ1) is 16.7. The lowest BCUT2D eigenvalue weighted by Crippen LogP contribution is -2.27. The minimum Gasteiger partial charge on any atom is -0.268 e. The summed E-state index contributed by atoms with van der Waals surface area (Å²) in [4.78, 5) is 30.7. The van der Waals surface area contributed by atoms with Gasteiger partial charge in [0.15, 0.2) is 5.65 Å². The highest BCUT2D eigenvalue weighted by molar-refractivity contribution is 5.80. The maximum Gasteiger partial charge on any atom is 0.274 e. The number of rotatable bonds is 1. The zero-order chi connectivity index (χ0) is 19.3. The lowest BCUT2D eigenvalue weighted by molar-refractivity contribution is 0.970. The monoisotopic (exact) mass is 356 g/mol. The van der Waals surface area contributed by atoms with Crippen molar-refractivity contribution >= 4 is 16.7 Å². The average molecular weight is 356 g/mol. The normalized spacial score (nSPS) is 11.0. The number of aryl methyl sites for hydroxylation is 3. The smallest absolute Gasteiger partial charge is 0.268 e. The number of hydrogen-bond acceptors (Lipinski definition) is 4. The highest BCUT2D eigenvalue weighted by Gasteiger charge is 2.17. The first-order valence-corrected chi connectivity index (χ1v) is 8.48. The van der Waals surface area contributed by atoms with Gasteiger partial charge in [-0.2, -0.15) is 5.26 Å². The molecule has 1 aromatic carbocycles. The van der Waals surface area contributed by atoms with E-state index in [1.165, 1.54) is 15.0 Å². The molecule has 6 heteroatoms. The van der Waals surface area contributed by atoms with Crippen LogP contribution in [0, 0.1) is 32.1 Å². The molecule has 4 aromatic rings. The largest absolute Gasteiger partial charge is 0.274 e. The van der Waals surface area contributed by atoms with Gasteiger partial charge >= 0.3 is 0 Å². The minimum atomic E-state index is -0.483. The van der Waals surface area contributed by atoms with E-state index in [1.54, 1.807) is 12.3 Å².